The minimum atomic E-state index is -3.68. The number of ether oxygens (including phenoxy) is 1. The Labute approximate surface area is 116 Å². The molecule has 0 saturated carbocycles. The first-order chi connectivity index (χ1) is 8.84. The second-order valence-electron chi connectivity index (χ2n) is 5.73. The monoisotopic (exact) mass is 294 g/mol. The highest BCUT2D eigenvalue weighted by Crippen LogP contribution is 2.21. The molecule has 1 aliphatic heterocycles. The van der Waals surface area contributed by atoms with Crippen LogP contribution >= 0.6 is 0 Å². The molecule has 1 aliphatic rings. The van der Waals surface area contributed by atoms with Crippen molar-refractivity contribution in [1.29, 1.82) is 0 Å². The molecule has 118 valence electrons. The first-order valence-corrected chi connectivity index (χ1v) is 6.19. The van der Waals surface area contributed by atoms with Crippen LogP contribution in [0, 0.1) is 0 Å². The third-order valence-electron chi connectivity index (χ3n) is 2.82. The van der Waals surface area contributed by atoms with Gasteiger partial charge in [0, 0.05) is 26.2 Å². The molecule has 9 heteroatoms. The van der Waals surface area contributed by atoms with E-state index in [2.05, 4.69) is 0 Å². The Morgan fingerprint density at radius 1 is 0.950 bits per heavy atom. The van der Waals surface area contributed by atoms with Crippen LogP contribution in [0.3, 0.4) is 0 Å². The molecule has 1 heterocycles. The van der Waals surface area contributed by atoms with Crippen molar-refractivity contribution in [2.24, 2.45) is 0 Å². The van der Waals surface area contributed by atoms with Crippen LogP contribution < -0.4 is 0 Å². The van der Waals surface area contributed by atoms with E-state index >= 15 is 0 Å². The number of carbonyl (C=O) groups excluding carboxylic acids is 1. The highest BCUT2D eigenvalue weighted by molar-refractivity contribution is 5.68. The van der Waals surface area contributed by atoms with Gasteiger partial charge in [-0.3, -0.25) is 0 Å². The van der Waals surface area contributed by atoms with Gasteiger partial charge in [0.1, 0.15) is 5.60 Å². The predicted molar refractivity (Wildman–Crippen MR) is 65.9 cm³/mol. The molecule has 0 aromatic rings. The van der Waals surface area contributed by atoms with Crippen molar-refractivity contribution >= 4 is 6.09 Å². The van der Waals surface area contributed by atoms with E-state index in [-0.39, 0.29) is 26.2 Å². The second-order valence-corrected chi connectivity index (χ2v) is 5.73. The summed E-state index contributed by atoms with van der Waals surface area (Å²) in [6, 6.07) is 0. The Balaban J connectivity index is 2.58. The minimum absolute atomic E-state index is 0.0737. The molecule has 1 saturated heterocycles. The Kier molecular flexibility index (Phi) is 4.64. The maximum absolute atomic E-state index is 11.8. The largest absolute Gasteiger partial charge is 0.444 e. The second kappa shape index (κ2) is 5.43. The van der Waals surface area contributed by atoms with Gasteiger partial charge < -0.3 is 35.2 Å². The van der Waals surface area contributed by atoms with Crippen LogP contribution in [0.5, 0.6) is 0 Å². The molecular formula is C11H22N2O7. The van der Waals surface area contributed by atoms with Crippen LogP contribution in [0.2, 0.25) is 0 Å². The Bertz CT molecular complexity index is 351. The normalized spacial score (nSPS) is 19.1. The van der Waals surface area contributed by atoms with Gasteiger partial charge in [0.15, 0.2) is 0 Å². The van der Waals surface area contributed by atoms with Gasteiger partial charge in [0.2, 0.25) is 0 Å². The van der Waals surface area contributed by atoms with E-state index in [1.165, 1.54) is 4.90 Å². The van der Waals surface area contributed by atoms with Crippen molar-refractivity contribution in [3.8, 4) is 0 Å². The van der Waals surface area contributed by atoms with Crippen LogP contribution in [-0.4, -0.2) is 85.1 Å². The van der Waals surface area contributed by atoms with Crippen molar-refractivity contribution in [2.75, 3.05) is 26.2 Å². The van der Waals surface area contributed by atoms with E-state index in [1.807, 2.05) is 0 Å². The Morgan fingerprint density at radius 3 is 1.75 bits per heavy atom. The lowest BCUT2D eigenvalue weighted by Crippen LogP contribution is -2.68. The number of rotatable bonds is 2. The van der Waals surface area contributed by atoms with Crippen molar-refractivity contribution in [1.82, 2.24) is 9.80 Å². The molecule has 1 amide bonds. The SMILES string of the molecule is CC(C)(C)OC(=O)N1CCN(C(O)(O)C(O)(O)O)CC1. The average Bonchev–Trinajstić information content (AvgIpc) is 2.25. The summed E-state index contributed by atoms with van der Waals surface area (Å²) in [7, 11) is 0. The van der Waals surface area contributed by atoms with Gasteiger partial charge in [0.25, 0.3) is 0 Å². The molecule has 0 bridgehead atoms. The molecule has 5 N–H and O–H groups in total. The zero-order valence-corrected chi connectivity index (χ0v) is 11.8. The van der Waals surface area contributed by atoms with Crippen LogP contribution in [-0.2, 0) is 4.74 Å². The third-order valence-corrected chi connectivity index (χ3v) is 2.82. The fourth-order valence-electron chi connectivity index (χ4n) is 1.74. The van der Waals surface area contributed by atoms with Gasteiger partial charge in [-0.05, 0) is 20.8 Å². The molecule has 0 aliphatic carbocycles. The van der Waals surface area contributed by atoms with Crippen molar-refractivity contribution in [3.63, 3.8) is 0 Å². The van der Waals surface area contributed by atoms with Crippen LogP contribution in [0.25, 0.3) is 0 Å². The zero-order chi connectivity index (χ0) is 15.8. The predicted octanol–water partition coefficient (Wildman–Crippen LogP) is -2.19. The molecule has 0 aromatic carbocycles. The molecular weight excluding hydrogens is 272 g/mol. The summed E-state index contributed by atoms with van der Waals surface area (Å²) >= 11 is 0. The van der Waals surface area contributed by atoms with Crippen LogP contribution in [0.1, 0.15) is 20.8 Å². The standard InChI is InChI=1S/C11H22N2O7/c1-9(2,3)20-8(14)12-4-6-13(7-5-12)10(15,16)11(17,18)19/h15-19H,4-7H2,1-3H3. The van der Waals surface area contributed by atoms with Gasteiger partial charge in [-0.25, -0.2) is 9.69 Å². The quantitative estimate of drug-likeness (QED) is 0.363. The highest BCUT2D eigenvalue weighted by Gasteiger charge is 2.52. The molecule has 0 spiro atoms. The minimum Gasteiger partial charge on any atom is -0.444 e. The first-order valence-electron chi connectivity index (χ1n) is 6.19. The highest BCUT2D eigenvalue weighted by atomic mass is 16.7. The number of piperazine rings is 1. The Hall–Kier alpha value is -0.970. The van der Waals surface area contributed by atoms with Gasteiger partial charge >= 0.3 is 18.0 Å². The number of nitrogens with zero attached hydrogens (tertiary/aromatic N) is 2. The zero-order valence-electron chi connectivity index (χ0n) is 11.8. The summed E-state index contributed by atoms with van der Waals surface area (Å²) < 4.78 is 5.16. The first kappa shape index (κ1) is 17.1. The summed E-state index contributed by atoms with van der Waals surface area (Å²) in [5.74, 6) is -6.89. The van der Waals surface area contributed by atoms with Gasteiger partial charge in [-0.15, -0.1) is 0 Å². The van der Waals surface area contributed by atoms with E-state index in [1.54, 1.807) is 20.8 Å². The molecule has 1 rings (SSSR count). The summed E-state index contributed by atoms with van der Waals surface area (Å²) in [6.45, 7) is 5.22. The Morgan fingerprint density at radius 2 is 1.40 bits per heavy atom. The fraction of sp³-hybridized carbons (Fsp3) is 0.909. The number of aliphatic hydroxyl groups is 5. The molecule has 9 nitrogen and oxygen atoms in total. The summed E-state index contributed by atoms with van der Waals surface area (Å²) in [6.07, 6.45) is -0.540. The van der Waals surface area contributed by atoms with E-state index < -0.39 is 23.6 Å². The number of hydrogen-bond acceptors (Lipinski definition) is 8. The van der Waals surface area contributed by atoms with Gasteiger partial charge in [-0.2, -0.15) is 0 Å². The average molecular weight is 294 g/mol. The molecule has 0 unspecified atom stereocenters. The molecule has 20 heavy (non-hydrogen) atoms. The van der Waals surface area contributed by atoms with Crippen molar-refractivity contribution < 1.29 is 35.1 Å². The van der Waals surface area contributed by atoms with Crippen LogP contribution in [0.4, 0.5) is 4.79 Å². The molecule has 1 fully saturated rings. The van der Waals surface area contributed by atoms with Gasteiger partial charge in [-0.1, -0.05) is 0 Å². The maximum atomic E-state index is 11.8. The van der Waals surface area contributed by atoms with E-state index in [9.17, 15) is 15.0 Å². The molecule has 0 atom stereocenters. The van der Waals surface area contributed by atoms with Crippen molar-refractivity contribution in [2.45, 2.75) is 38.3 Å². The lowest BCUT2D eigenvalue weighted by atomic mass is 10.2. The van der Waals surface area contributed by atoms with Gasteiger partial charge in [0.05, 0.1) is 0 Å². The van der Waals surface area contributed by atoms with E-state index in [0.29, 0.717) is 0 Å². The third kappa shape index (κ3) is 4.01. The van der Waals surface area contributed by atoms with E-state index in [0.717, 1.165) is 4.90 Å². The molecule has 0 aromatic heterocycles. The number of carbonyl (C=O) groups is 1. The summed E-state index contributed by atoms with van der Waals surface area (Å²) in [5, 5.41) is 45.6. The van der Waals surface area contributed by atoms with E-state index in [4.69, 9.17) is 20.1 Å². The van der Waals surface area contributed by atoms with Crippen LogP contribution in [0.15, 0.2) is 0 Å². The van der Waals surface area contributed by atoms with Crippen molar-refractivity contribution in [3.05, 3.63) is 0 Å². The lowest BCUT2D eigenvalue weighted by molar-refractivity contribution is -0.487. The number of amides is 1. The summed E-state index contributed by atoms with van der Waals surface area (Å²) in [4.78, 5) is 14.0. The molecule has 0 radical (unpaired) electrons. The maximum Gasteiger partial charge on any atom is 0.410 e. The fourth-order valence-corrected chi connectivity index (χ4v) is 1.74. The lowest BCUT2D eigenvalue weighted by Gasteiger charge is -2.43. The summed E-state index contributed by atoms with van der Waals surface area (Å²) in [5.41, 5.74) is -0.637. The smallest absolute Gasteiger partial charge is 0.410 e. The topological polar surface area (TPSA) is 134 Å². The number of hydrogen-bond donors (Lipinski definition) is 5.